The van der Waals surface area contributed by atoms with Crippen LogP contribution in [-0.2, 0) is 9.59 Å². The van der Waals surface area contributed by atoms with Crippen molar-refractivity contribution in [3.63, 3.8) is 0 Å². The van der Waals surface area contributed by atoms with Crippen molar-refractivity contribution in [1.82, 2.24) is 15.1 Å². The highest BCUT2D eigenvalue weighted by atomic mass is 16.2. The zero-order valence-electron chi connectivity index (χ0n) is 20.0. The third kappa shape index (κ3) is 5.36. The first-order chi connectivity index (χ1) is 15.6. The summed E-state index contributed by atoms with van der Waals surface area (Å²) in [5, 5.41) is 3.38. The average Bonchev–Trinajstić information content (AvgIpc) is 3.54. The van der Waals surface area contributed by atoms with Gasteiger partial charge in [0.05, 0.1) is 6.04 Å². The van der Waals surface area contributed by atoms with Crippen molar-refractivity contribution < 1.29 is 9.59 Å². The molecule has 5 nitrogen and oxygen atoms in total. The molecule has 32 heavy (non-hydrogen) atoms. The van der Waals surface area contributed by atoms with Gasteiger partial charge in [0, 0.05) is 44.6 Å². The number of rotatable bonds is 9. The van der Waals surface area contributed by atoms with Crippen LogP contribution in [0.3, 0.4) is 0 Å². The van der Waals surface area contributed by atoms with Crippen LogP contribution in [0.2, 0.25) is 0 Å². The molecule has 3 aliphatic rings. The Morgan fingerprint density at radius 3 is 2.19 bits per heavy atom. The number of carbonyl (C=O) groups excluding carboxylic acids is 2. The van der Waals surface area contributed by atoms with Crippen LogP contribution in [0.15, 0.2) is 30.3 Å². The lowest BCUT2D eigenvalue weighted by Crippen LogP contribution is -2.38. The molecule has 3 fully saturated rings. The minimum absolute atomic E-state index is 0.0812. The Morgan fingerprint density at radius 1 is 0.969 bits per heavy atom. The number of fused-ring (bicyclic) bond motifs is 1. The van der Waals surface area contributed by atoms with Crippen LogP contribution < -0.4 is 5.32 Å². The van der Waals surface area contributed by atoms with Gasteiger partial charge in [0.25, 0.3) is 0 Å². The topological polar surface area (TPSA) is 52.7 Å². The molecule has 1 aromatic rings. The summed E-state index contributed by atoms with van der Waals surface area (Å²) >= 11 is 0. The molecule has 2 saturated heterocycles. The van der Waals surface area contributed by atoms with Gasteiger partial charge in [0.2, 0.25) is 11.8 Å². The first-order valence-electron chi connectivity index (χ1n) is 13.0. The Hall–Kier alpha value is -1.88. The van der Waals surface area contributed by atoms with Crippen LogP contribution in [0.25, 0.3) is 0 Å². The Morgan fingerprint density at radius 2 is 1.59 bits per heavy atom. The molecule has 2 heterocycles. The highest BCUT2D eigenvalue weighted by molar-refractivity contribution is 5.79. The van der Waals surface area contributed by atoms with Gasteiger partial charge in [-0.05, 0) is 49.5 Å². The number of amides is 2. The molecule has 1 aliphatic carbocycles. The molecular weight excluding hydrogens is 398 g/mol. The van der Waals surface area contributed by atoms with Gasteiger partial charge in [-0.1, -0.05) is 57.0 Å². The van der Waals surface area contributed by atoms with Crippen LogP contribution in [0.1, 0.15) is 70.4 Å². The monoisotopic (exact) mass is 439 g/mol. The third-order valence-electron chi connectivity index (χ3n) is 8.19. The van der Waals surface area contributed by atoms with E-state index in [1.807, 2.05) is 6.07 Å². The lowest BCUT2D eigenvalue weighted by Gasteiger charge is -2.26. The van der Waals surface area contributed by atoms with Gasteiger partial charge < -0.3 is 15.1 Å². The minimum Gasteiger partial charge on any atom is -0.349 e. The molecule has 1 aromatic carbocycles. The fourth-order valence-corrected chi connectivity index (χ4v) is 6.15. The molecule has 5 heteroatoms. The Bertz CT molecular complexity index is 743. The maximum absolute atomic E-state index is 12.8. The fourth-order valence-electron chi connectivity index (χ4n) is 6.15. The van der Waals surface area contributed by atoms with Crippen molar-refractivity contribution in [2.75, 3.05) is 32.7 Å². The van der Waals surface area contributed by atoms with E-state index in [0.717, 1.165) is 64.8 Å². The van der Waals surface area contributed by atoms with E-state index in [-0.39, 0.29) is 23.8 Å². The van der Waals surface area contributed by atoms with Gasteiger partial charge in [-0.3, -0.25) is 9.59 Å². The summed E-state index contributed by atoms with van der Waals surface area (Å²) in [5.41, 5.74) is 1.21. The van der Waals surface area contributed by atoms with E-state index in [1.165, 1.54) is 18.4 Å². The van der Waals surface area contributed by atoms with Crippen molar-refractivity contribution in [2.24, 2.45) is 23.7 Å². The van der Waals surface area contributed by atoms with E-state index < -0.39 is 0 Å². The normalized spacial score (nSPS) is 24.8. The molecule has 0 radical (unpaired) electrons. The van der Waals surface area contributed by atoms with E-state index >= 15 is 0 Å². The largest absolute Gasteiger partial charge is 0.349 e. The second kappa shape index (κ2) is 10.8. The Labute approximate surface area is 193 Å². The molecule has 0 spiro atoms. The van der Waals surface area contributed by atoms with E-state index in [1.54, 1.807) is 0 Å². The molecule has 1 N–H and O–H groups in total. The highest BCUT2D eigenvalue weighted by Crippen LogP contribution is 2.33. The predicted octanol–water partition coefficient (Wildman–Crippen LogP) is 4.25. The van der Waals surface area contributed by atoms with E-state index in [9.17, 15) is 9.59 Å². The molecule has 2 unspecified atom stereocenters. The maximum atomic E-state index is 12.8. The lowest BCUT2D eigenvalue weighted by atomic mass is 10.0. The van der Waals surface area contributed by atoms with Crippen LogP contribution >= 0.6 is 0 Å². The SMILES string of the molecule is CCC(CC)C(=O)N1CC2CN(CC[C@H](NC(=O)C3CCCC3)c3ccccc3)CC2C1. The Kier molecular flexibility index (Phi) is 7.88. The first-order valence-corrected chi connectivity index (χ1v) is 13.0. The summed E-state index contributed by atoms with van der Waals surface area (Å²) in [6.45, 7) is 9.26. The van der Waals surface area contributed by atoms with Crippen LogP contribution in [-0.4, -0.2) is 54.3 Å². The smallest absolute Gasteiger partial charge is 0.225 e. The van der Waals surface area contributed by atoms with Crippen LogP contribution in [0, 0.1) is 23.7 Å². The van der Waals surface area contributed by atoms with Crippen molar-refractivity contribution in [3.8, 4) is 0 Å². The van der Waals surface area contributed by atoms with Crippen molar-refractivity contribution in [3.05, 3.63) is 35.9 Å². The molecule has 2 aliphatic heterocycles. The summed E-state index contributed by atoms with van der Waals surface area (Å²) < 4.78 is 0. The molecule has 3 atom stereocenters. The van der Waals surface area contributed by atoms with Crippen molar-refractivity contribution >= 4 is 11.8 Å². The summed E-state index contributed by atoms with van der Waals surface area (Å²) in [4.78, 5) is 30.3. The summed E-state index contributed by atoms with van der Waals surface area (Å²) in [6.07, 6.45) is 7.27. The Balaban J connectivity index is 1.30. The zero-order chi connectivity index (χ0) is 22.5. The maximum Gasteiger partial charge on any atom is 0.225 e. The summed E-state index contributed by atoms with van der Waals surface area (Å²) in [5.74, 6) is 2.22. The fraction of sp³-hybridized carbons (Fsp3) is 0.704. The number of carbonyl (C=O) groups is 2. The van der Waals surface area contributed by atoms with Gasteiger partial charge in [0.1, 0.15) is 0 Å². The van der Waals surface area contributed by atoms with E-state index in [4.69, 9.17) is 0 Å². The third-order valence-corrected chi connectivity index (χ3v) is 8.19. The number of nitrogens with one attached hydrogen (secondary N) is 1. The van der Waals surface area contributed by atoms with Crippen LogP contribution in [0.5, 0.6) is 0 Å². The second-order valence-corrected chi connectivity index (χ2v) is 10.3. The average molecular weight is 440 g/mol. The van der Waals surface area contributed by atoms with Crippen LogP contribution in [0.4, 0.5) is 0 Å². The summed E-state index contributed by atoms with van der Waals surface area (Å²) in [7, 11) is 0. The summed E-state index contributed by atoms with van der Waals surface area (Å²) in [6, 6.07) is 10.5. The van der Waals surface area contributed by atoms with E-state index in [2.05, 4.69) is 53.2 Å². The number of hydrogen-bond acceptors (Lipinski definition) is 3. The van der Waals surface area contributed by atoms with Gasteiger partial charge in [-0.2, -0.15) is 0 Å². The van der Waals surface area contributed by atoms with E-state index in [0.29, 0.717) is 17.7 Å². The predicted molar refractivity (Wildman–Crippen MR) is 128 cm³/mol. The first kappa shape index (κ1) is 23.3. The van der Waals surface area contributed by atoms with Gasteiger partial charge in [0.15, 0.2) is 0 Å². The van der Waals surface area contributed by atoms with Crippen molar-refractivity contribution in [2.45, 2.75) is 64.8 Å². The molecule has 0 bridgehead atoms. The molecule has 0 aromatic heterocycles. The zero-order valence-corrected chi connectivity index (χ0v) is 20.0. The number of hydrogen-bond donors (Lipinski definition) is 1. The number of benzene rings is 1. The van der Waals surface area contributed by atoms with Gasteiger partial charge >= 0.3 is 0 Å². The number of likely N-dealkylation sites (tertiary alicyclic amines) is 2. The second-order valence-electron chi connectivity index (χ2n) is 10.3. The van der Waals surface area contributed by atoms with Crippen molar-refractivity contribution in [1.29, 1.82) is 0 Å². The molecule has 2 amide bonds. The molecule has 4 rings (SSSR count). The number of nitrogens with zero attached hydrogens (tertiary/aromatic N) is 2. The highest BCUT2D eigenvalue weighted by Gasteiger charge is 2.42. The molecule has 176 valence electrons. The quantitative estimate of drug-likeness (QED) is 0.626. The van der Waals surface area contributed by atoms with Gasteiger partial charge in [-0.15, -0.1) is 0 Å². The molecular formula is C27H41N3O2. The molecule has 1 saturated carbocycles. The standard InChI is InChI=1S/C27H41N3O2/c1-3-20(4-2)27(32)30-18-23-16-29(17-24(23)19-30)15-14-25(21-10-6-5-7-11-21)28-26(31)22-12-8-9-13-22/h5-7,10-11,20,22-25H,3-4,8-9,12-19H2,1-2H3,(H,28,31)/t23?,24?,25-/m0/s1. The minimum atomic E-state index is 0.0812. The lowest BCUT2D eigenvalue weighted by molar-refractivity contribution is -0.135. The van der Waals surface area contributed by atoms with Gasteiger partial charge in [-0.25, -0.2) is 0 Å².